The predicted molar refractivity (Wildman–Crippen MR) is 77.2 cm³/mol. The molecule has 0 aliphatic rings. The van der Waals surface area contributed by atoms with E-state index in [1.54, 1.807) is 11.8 Å². The first-order valence-electron chi connectivity index (χ1n) is 6.12. The average Bonchev–Trinajstić information content (AvgIpc) is 2.32. The highest BCUT2D eigenvalue weighted by Gasteiger charge is 2.26. The third kappa shape index (κ3) is 6.64. The van der Waals surface area contributed by atoms with Gasteiger partial charge in [-0.15, -0.1) is 0 Å². The molecule has 0 unspecified atom stereocenters. The minimum Gasteiger partial charge on any atom is -0.320 e. The van der Waals surface area contributed by atoms with E-state index >= 15 is 0 Å². The highest BCUT2D eigenvalue weighted by atomic mass is 32.2. The molecule has 0 aliphatic carbocycles. The van der Waals surface area contributed by atoms with E-state index in [1.165, 1.54) is 0 Å². The zero-order valence-electron chi connectivity index (χ0n) is 11.4. The molecule has 0 bridgehead atoms. The van der Waals surface area contributed by atoms with E-state index in [1.807, 2.05) is 13.3 Å². The molecule has 17 heavy (non-hydrogen) atoms. The Morgan fingerprint density at radius 2 is 1.82 bits per heavy atom. The molecule has 0 fully saturated rings. The first-order valence-corrected chi connectivity index (χ1v) is 9.00. The number of nitrogens with one attached hydrogen (secondary N) is 2. The normalized spacial score (nSPS) is 12.9. The van der Waals surface area contributed by atoms with E-state index in [4.69, 9.17) is 0 Å². The van der Waals surface area contributed by atoms with Gasteiger partial charge in [0.15, 0.2) is 0 Å². The van der Waals surface area contributed by atoms with Gasteiger partial charge in [0, 0.05) is 11.3 Å². The fraction of sp³-hybridized carbons (Fsp3) is 1.00. The molecule has 0 rings (SSSR count). The Morgan fingerprint density at radius 3 is 2.24 bits per heavy atom. The van der Waals surface area contributed by atoms with Gasteiger partial charge in [0.25, 0.3) is 0 Å². The van der Waals surface area contributed by atoms with E-state index in [0.29, 0.717) is 13.0 Å². The topological polar surface area (TPSA) is 58.2 Å². The van der Waals surface area contributed by atoms with Crippen LogP contribution in [-0.2, 0) is 10.0 Å². The number of hydrogen-bond donors (Lipinski definition) is 2. The van der Waals surface area contributed by atoms with Crippen LogP contribution in [-0.4, -0.2) is 45.3 Å². The zero-order chi connectivity index (χ0) is 13.4. The summed E-state index contributed by atoms with van der Waals surface area (Å²) in [5, 5.41) is 2.95. The molecule has 0 atom stereocenters. The first-order chi connectivity index (χ1) is 7.95. The second kappa shape index (κ2) is 8.34. The molecule has 0 spiro atoms. The molecule has 0 radical (unpaired) electrons. The van der Waals surface area contributed by atoms with Crippen LogP contribution in [0.2, 0.25) is 0 Å². The largest absolute Gasteiger partial charge is 0.320 e. The quantitative estimate of drug-likeness (QED) is 0.595. The number of rotatable bonds is 10. The van der Waals surface area contributed by atoms with Crippen LogP contribution in [0.15, 0.2) is 0 Å². The summed E-state index contributed by atoms with van der Waals surface area (Å²) >= 11 is 1.75. The molecule has 0 saturated carbocycles. The van der Waals surface area contributed by atoms with E-state index in [0.717, 1.165) is 19.4 Å². The lowest BCUT2D eigenvalue weighted by atomic mass is 10.0. The highest BCUT2D eigenvalue weighted by Crippen LogP contribution is 2.29. The second-order valence-electron chi connectivity index (χ2n) is 4.19. The summed E-state index contributed by atoms with van der Waals surface area (Å²) in [4.78, 5) is 0. The molecule has 0 heterocycles. The van der Waals surface area contributed by atoms with E-state index in [9.17, 15) is 8.42 Å². The van der Waals surface area contributed by atoms with E-state index in [-0.39, 0.29) is 10.5 Å². The van der Waals surface area contributed by atoms with Crippen LogP contribution in [0.5, 0.6) is 0 Å². The second-order valence-corrected chi connectivity index (χ2v) is 7.39. The maximum Gasteiger partial charge on any atom is 0.211 e. The number of thioether (sulfide) groups is 1. The standard InChI is InChI=1S/C11H26N2O2S2/c1-5-11(6-2,16-4)10-13-17(14,15)9-7-8-12-3/h12-13H,5-10H2,1-4H3. The van der Waals surface area contributed by atoms with Crippen LogP contribution in [0, 0.1) is 0 Å². The zero-order valence-corrected chi connectivity index (χ0v) is 13.0. The van der Waals surface area contributed by atoms with Gasteiger partial charge in [-0.2, -0.15) is 11.8 Å². The van der Waals surface area contributed by atoms with Gasteiger partial charge in [0.05, 0.1) is 5.75 Å². The molecular weight excluding hydrogens is 256 g/mol. The van der Waals surface area contributed by atoms with Gasteiger partial charge in [-0.25, -0.2) is 13.1 Å². The van der Waals surface area contributed by atoms with Crippen molar-refractivity contribution in [1.29, 1.82) is 0 Å². The summed E-state index contributed by atoms with van der Waals surface area (Å²) in [5.74, 6) is 0.200. The molecule has 104 valence electrons. The van der Waals surface area contributed by atoms with Crippen molar-refractivity contribution in [3.8, 4) is 0 Å². The van der Waals surface area contributed by atoms with Gasteiger partial charge in [0.1, 0.15) is 0 Å². The van der Waals surface area contributed by atoms with Gasteiger partial charge in [-0.3, -0.25) is 0 Å². The lowest BCUT2D eigenvalue weighted by Gasteiger charge is -2.29. The summed E-state index contributed by atoms with van der Waals surface area (Å²) in [7, 11) is -1.29. The summed E-state index contributed by atoms with van der Waals surface area (Å²) in [6.07, 6.45) is 4.64. The highest BCUT2D eigenvalue weighted by molar-refractivity contribution is 8.00. The van der Waals surface area contributed by atoms with Crippen molar-refractivity contribution in [3.05, 3.63) is 0 Å². The van der Waals surface area contributed by atoms with Gasteiger partial charge < -0.3 is 5.32 Å². The van der Waals surface area contributed by atoms with Gasteiger partial charge in [-0.1, -0.05) is 13.8 Å². The summed E-state index contributed by atoms with van der Waals surface area (Å²) in [5.41, 5.74) is 0. The molecule has 2 N–H and O–H groups in total. The molecule has 0 amide bonds. The van der Waals surface area contributed by atoms with Crippen LogP contribution in [0.4, 0.5) is 0 Å². The van der Waals surface area contributed by atoms with Crippen LogP contribution in [0.3, 0.4) is 0 Å². The molecule has 4 nitrogen and oxygen atoms in total. The maximum absolute atomic E-state index is 11.8. The predicted octanol–water partition coefficient (Wildman–Crippen LogP) is 1.44. The summed E-state index contributed by atoms with van der Waals surface area (Å²) < 4.78 is 26.3. The third-order valence-corrected chi connectivity index (χ3v) is 6.17. The monoisotopic (exact) mass is 282 g/mol. The Hall–Kier alpha value is 0.220. The minimum atomic E-state index is -3.12. The number of sulfonamides is 1. The Kier molecular flexibility index (Phi) is 8.45. The van der Waals surface area contributed by atoms with Crippen molar-refractivity contribution in [3.63, 3.8) is 0 Å². The minimum absolute atomic E-state index is 0.0378. The Labute approximate surface area is 110 Å². The van der Waals surface area contributed by atoms with Crippen LogP contribution < -0.4 is 10.0 Å². The molecule has 0 aromatic rings. The van der Waals surface area contributed by atoms with Crippen LogP contribution in [0.1, 0.15) is 33.1 Å². The van der Waals surface area contributed by atoms with Crippen molar-refractivity contribution >= 4 is 21.8 Å². The molecule has 0 saturated heterocycles. The summed E-state index contributed by atoms with van der Waals surface area (Å²) in [6, 6.07) is 0. The molecular formula is C11H26N2O2S2. The fourth-order valence-corrected chi connectivity index (χ4v) is 3.66. The molecule has 6 heteroatoms. The summed E-state index contributed by atoms with van der Waals surface area (Å²) in [6.45, 7) is 5.48. The van der Waals surface area contributed by atoms with Gasteiger partial charge in [0.2, 0.25) is 10.0 Å². The Bertz CT molecular complexity index is 280. The van der Waals surface area contributed by atoms with E-state index in [2.05, 4.69) is 23.9 Å². The lowest BCUT2D eigenvalue weighted by Crippen LogP contribution is -2.40. The number of hydrogen-bond acceptors (Lipinski definition) is 4. The first kappa shape index (κ1) is 17.2. The van der Waals surface area contributed by atoms with Crippen molar-refractivity contribution in [2.24, 2.45) is 0 Å². The van der Waals surface area contributed by atoms with Crippen molar-refractivity contribution in [1.82, 2.24) is 10.0 Å². The van der Waals surface area contributed by atoms with Gasteiger partial charge >= 0.3 is 0 Å². The third-order valence-electron chi connectivity index (χ3n) is 3.18. The Balaban J connectivity index is 4.24. The van der Waals surface area contributed by atoms with Gasteiger partial charge in [-0.05, 0) is 39.1 Å². The van der Waals surface area contributed by atoms with Crippen molar-refractivity contribution in [2.45, 2.75) is 37.9 Å². The molecule has 0 aromatic heterocycles. The molecule has 0 aromatic carbocycles. The SMILES string of the molecule is CCC(CC)(CNS(=O)(=O)CCCNC)SC. The maximum atomic E-state index is 11.8. The van der Waals surface area contributed by atoms with Crippen molar-refractivity contribution < 1.29 is 8.42 Å². The molecule has 0 aliphatic heterocycles. The fourth-order valence-electron chi connectivity index (χ4n) is 1.61. The smallest absolute Gasteiger partial charge is 0.211 e. The van der Waals surface area contributed by atoms with Crippen LogP contribution in [0.25, 0.3) is 0 Å². The van der Waals surface area contributed by atoms with Crippen molar-refractivity contribution in [2.75, 3.05) is 32.1 Å². The lowest BCUT2D eigenvalue weighted by molar-refractivity contribution is 0.521. The van der Waals surface area contributed by atoms with E-state index < -0.39 is 10.0 Å². The Morgan fingerprint density at radius 1 is 1.24 bits per heavy atom. The average molecular weight is 282 g/mol. The van der Waals surface area contributed by atoms with Crippen LogP contribution >= 0.6 is 11.8 Å².